The van der Waals surface area contributed by atoms with E-state index >= 15 is 0 Å². The molecule has 1 aromatic rings. The number of carbonyl (C=O) groups excluding carboxylic acids is 1. The normalized spacial score (nSPS) is 19.6. The van der Waals surface area contributed by atoms with E-state index in [2.05, 4.69) is 34.1 Å². The number of nitrogens with zero attached hydrogens (tertiary/aromatic N) is 2. The molecule has 27 heavy (non-hydrogen) atoms. The third-order valence-corrected chi connectivity index (χ3v) is 5.35. The van der Waals surface area contributed by atoms with E-state index in [1.807, 2.05) is 0 Å². The summed E-state index contributed by atoms with van der Waals surface area (Å²) in [5.41, 5.74) is 2.76. The van der Waals surface area contributed by atoms with Crippen LogP contribution in [0.1, 0.15) is 24.0 Å². The van der Waals surface area contributed by atoms with Crippen molar-refractivity contribution < 1.29 is 19.4 Å². The number of hydrogen-bond acceptors (Lipinski definition) is 6. The van der Waals surface area contributed by atoms with Gasteiger partial charge in [-0.05, 0) is 24.0 Å². The van der Waals surface area contributed by atoms with Crippen molar-refractivity contribution in [3.05, 3.63) is 35.4 Å². The monoisotopic (exact) mass is 376 g/mol. The fourth-order valence-electron chi connectivity index (χ4n) is 3.70. The number of ketones is 1. The van der Waals surface area contributed by atoms with Gasteiger partial charge in [0.05, 0.1) is 25.9 Å². The lowest BCUT2D eigenvalue weighted by molar-refractivity contribution is -0.124. The van der Waals surface area contributed by atoms with E-state index in [9.17, 15) is 9.90 Å². The summed E-state index contributed by atoms with van der Waals surface area (Å²) in [5.74, 6) is 0.0695. The summed E-state index contributed by atoms with van der Waals surface area (Å²) in [5, 5.41) is 10.3. The molecule has 0 amide bonds. The van der Waals surface area contributed by atoms with Gasteiger partial charge in [0.25, 0.3) is 0 Å². The van der Waals surface area contributed by atoms with Gasteiger partial charge in [0, 0.05) is 45.7 Å². The number of aliphatic hydroxyl groups excluding tert-OH is 1. The second kappa shape index (κ2) is 10.9. The molecule has 6 heteroatoms. The summed E-state index contributed by atoms with van der Waals surface area (Å²) < 4.78 is 10.8. The zero-order valence-electron chi connectivity index (χ0n) is 16.1. The van der Waals surface area contributed by atoms with Crippen LogP contribution in [0.3, 0.4) is 0 Å². The number of fused-ring (bicyclic) bond motifs is 1. The minimum Gasteiger partial charge on any atom is -0.392 e. The highest BCUT2D eigenvalue weighted by molar-refractivity contribution is 5.79. The van der Waals surface area contributed by atoms with E-state index in [0.717, 1.165) is 52.4 Å². The molecule has 0 aromatic heterocycles. The molecule has 1 N–H and O–H groups in total. The fourth-order valence-corrected chi connectivity index (χ4v) is 3.70. The maximum atomic E-state index is 12.0. The third-order valence-electron chi connectivity index (χ3n) is 5.35. The lowest BCUT2D eigenvalue weighted by atomic mass is 9.99. The van der Waals surface area contributed by atoms with Crippen molar-refractivity contribution in [3.8, 4) is 0 Å². The standard InChI is InChI=1S/C21H32N2O4/c24-20(16-23-8-7-18-3-1-2-4-19(18)15-23)5-6-21(25)17-27-14-11-22-9-12-26-13-10-22/h1-4,20,24H,5-17H2. The molecule has 1 saturated heterocycles. The van der Waals surface area contributed by atoms with Gasteiger partial charge < -0.3 is 14.6 Å². The molecule has 0 bridgehead atoms. The number of hydrogen-bond donors (Lipinski definition) is 1. The molecule has 6 nitrogen and oxygen atoms in total. The molecular weight excluding hydrogens is 344 g/mol. The Labute approximate surface area is 162 Å². The number of carbonyl (C=O) groups is 1. The minimum atomic E-state index is -0.465. The van der Waals surface area contributed by atoms with Gasteiger partial charge in [0.1, 0.15) is 6.61 Å². The molecule has 2 aliphatic rings. The van der Waals surface area contributed by atoms with Crippen LogP contribution in [-0.4, -0.2) is 85.9 Å². The van der Waals surface area contributed by atoms with E-state index in [0.29, 0.717) is 26.0 Å². The van der Waals surface area contributed by atoms with Crippen molar-refractivity contribution in [1.29, 1.82) is 0 Å². The topological polar surface area (TPSA) is 62.2 Å². The first-order chi connectivity index (χ1) is 13.2. The second-order valence-electron chi connectivity index (χ2n) is 7.49. The predicted molar refractivity (Wildman–Crippen MR) is 104 cm³/mol. The van der Waals surface area contributed by atoms with Gasteiger partial charge in [-0.2, -0.15) is 0 Å². The average molecular weight is 376 g/mol. The number of Topliss-reactive ketones (excluding diaryl/α,β-unsaturated/α-hetero) is 1. The van der Waals surface area contributed by atoms with Gasteiger partial charge in [0.15, 0.2) is 5.78 Å². The van der Waals surface area contributed by atoms with Gasteiger partial charge in [-0.1, -0.05) is 24.3 Å². The van der Waals surface area contributed by atoms with Crippen LogP contribution in [0.2, 0.25) is 0 Å². The average Bonchev–Trinajstić information content (AvgIpc) is 2.70. The fraction of sp³-hybridized carbons (Fsp3) is 0.667. The maximum Gasteiger partial charge on any atom is 0.158 e. The Morgan fingerprint density at radius 1 is 1.15 bits per heavy atom. The number of rotatable bonds is 10. The molecule has 150 valence electrons. The smallest absolute Gasteiger partial charge is 0.158 e. The van der Waals surface area contributed by atoms with Crippen LogP contribution < -0.4 is 0 Å². The molecule has 1 atom stereocenters. The van der Waals surface area contributed by atoms with Crippen LogP contribution in [0.25, 0.3) is 0 Å². The molecule has 0 aliphatic carbocycles. The highest BCUT2D eigenvalue weighted by Crippen LogP contribution is 2.19. The van der Waals surface area contributed by atoms with Crippen LogP contribution in [0, 0.1) is 0 Å². The van der Waals surface area contributed by atoms with E-state index in [4.69, 9.17) is 9.47 Å². The van der Waals surface area contributed by atoms with E-state index in [-0.39, 0.29) is 12.4 Å². The molecule has 3 rings (SSSR count). The van der Waals surface area contributed by atoms with Crippen LogP contribution in [0.15, 0.2) is 24.3 Å². The van der Waals surface area contributed by atoms with Gasteiger partial charge in [0.2, 0.25) is 0 Å². The molecule has 2 heterocycles. The summed E-state index contributed by atoms with van der Waals surface area (Å²) in [4.78, 5) is 16.5. The summed E-state index contributed by atoms with van der Waals surface area (Å²) >= 11 is 0. The molecule has 1 unspecified atom stereocenters. The van der Waals surface area contributed by atoms with Crippen molar-refractivity contribution in [2.24, 2.45) is 0 Å². The molecule has 0 radical (unpaired) electrons. The van der Waals surface area contributed by atoms with Crippen LogP contribution in [-0.2, 0) is 27.2 Å². The van der Waals surface area contributed by atoms with Gasteiger partial charge in [-0.3, -0.25) is 14.6 Å². The summed E-state index contributed by atoms with van der Waals surface area (Å²) in [6.07, 6.45) is 1.44. The highest BCUT2D eigenvalue weighted by atomic mass is 16.5. The van der Waals surface area contributed by atoms with Crippen molar-refractivity contribution >= 4 is 5.78 Å². The summed E-state index contributed by atoms with van der Waals surface area (Å²) in [7, 11) is 0. The molecule has 2 aliphatic heterocycles. The Morgan fingerprint density at radius 2 is 1.93 bits per heavy atom. The third kappa shape index (κ3) is 6.97. The zero-order chi connectivity index (χ0) is 18.9. The molecule has 1 aromatic carbocycles. The van der Waals surface area contributed by atoms with E-state index in [1.165, 1.54) is 11.1 Å². The van der Waals surface area contributed by atoms with Crippen molar-refractivity contribution in [1.82, 2.24) is 9.80 Å². The van der Waals surface area contributed by atoms with Crippen molar-refractivity contribution in [3.63, 3.8) is 0 Å². The Balaban J connectivity index is 1.25. The first kappa shape index (κ1) is 20.4. The highest BCUT2D eigenvalue weighted by Gasteiger charge is 2.19. The lowest BCUT2D eigenvalue weighted by Crippen LogP contribution is -2.38. The van der Waals surface area contributed by atoms with Crippen molar-refractivity contribution in [2.45, 2.75) is 31.9 Å². The second-order valence-corrected chi connectivity index (χ2v) is 7.49. The van der Waals surface area contributed by atoms with E-state index < -0.39 is 6.10 Å². The number of ether oxygens (including phenoxy) is 2. The summed E-state index contributed by atoms with van der Waals surface area (Å²) in [6.45, 7) is 7.46. The van der Waals surface area contributed by atoms with Crippen LogP contribution in [0.5, 0.6) is 0 Å². The number of aliphatic hydroxyl groups is 1. The molecular formula is C21H32N2O4. The van der Waals surface area contributed by atoms with Crippen LogP contribution in [0.4, 0.5) is 0 Å². The van der Waals surface area contributed by atoms with E-state index in [1.54, 1.807) is 0 Å². The largest absolute Gasteiger partial charge is 0.392 e. The molecule has 0 saturated carbocycles. The quantitative estimate of drug-likeness (QED) is 0.617. The lowest BCUT2D eigenvalue weighted by Gasteiger charge is -2.30. The Bertz CT molecular complexity index is 589. The first-order valence-electron chi connectivity index (χ1n) is 10.1. The number of morpholine rings is 1. The first-order valence-corrected chi connectivity index (χ1v) is 10.1. The Hall–Kier alpha value is -1.31. The van der Waals surface area contributed by atoms with Gasteiger partial charge >= 0.3 is 0 Å². The zero-order valence-corrected chi connectivity index (χ0v) is 16.1. The Morgan fingerprint density at radius 3 is 2.74 bits per heavy atom. The van der Waals surface area contributed by atoms with Gasteiger partial charge in [-0.25, -0.2) is 0 Å². The number of benzene rings is 1. The predicted octanol–water partition coefficient (Wildman–Crippen LogP) is 1.10. The van der Waals surface area contributed by atoms with Crippen LogP contribution >= 0.6 is 0 Å². The SMILES string of the molecule is O=C(CCC(O)CN1CCc2ccccc2C1)COCCN1CCOCC1. The maximum absolute atomic E-state index is 12.0. The van der Waals surface area contributed by atoms with Gasteiger partial charge in [-0.15, -0.1) is 0 Å². The summed E-state index contributed by atoms with van der Waals surface area (Å²) in [6, 6.07) is 8.49. The molecule has 1 fully saturated rings. The minimum absolute atomic E-state index is 0.0695. The number of β-amino-alcohol motifs (C(OH)–C–C–N with tert-alkyl or cyclic N) is 1. The Kier molecular flexibility index (Phi) is 8.23. The van der Waals surface area contributed by atoms with Crippen molar-refractivity contribution in [2.75, 3.05) is 59.2 Å². The molecule has 0 spiro atoms.